The molecule has 15 heavy (non-hydrogen) atoms. The fourth-order valence-corrected chi connectivity index (χ4v) is 1.28. The van der Waals surface area contributed by atoms with Gasteiger partial charge in [0, 0.05) is 6.08 Å². The summed E-state index contributed by atoms with van der Waals surface area (Å²) in [5.74, 6) is 0. The molecule has 0 saturated heterocycles. The van der Waals surface area contributed by atoms with E-state index in [1.165, 1.54) is 12.1 Å². The SMILES string of the molecule is OC(/C(Cl)=C\C(F)(F)F)c1ccccc1. The van der Waals surface area contributed by atoms with Crippen molar-refractivity contribution in [1.82, 2.24) is 0 Å². The third-order valence-electron chi connectivity index (χ3n) is 1.68. The Morgan fingerprint density at radius 2 is 1.80 bits per heavy atom. The summed E-state index contributed by atoms with van der Waals surface area (Å²) in [5, 5.41) is 8.81. The summed E-state index contributed by atoms with van der Waals surface area (Å²) in [7, 11) is 0. The van der Waals surface area contributed by atoms with Crippen LogP contribution in [0.5, 0.6) is 0 Å². The van der Waals surface area contributed by atoms with Crippen LogP contribution in [0, 0.1) is 0 Å². The largest absolute Gasteiger partial charge is 0.410 e. The Morgan fingerprint density at radius 1 is 1.27 bits per heavy atom. The Labute approximate surface area is 89.8 Å². The van der Waals surface area contributed by atoms with E-state index >= 15 is 0 Å². The number of aliphatic hydroxyl groups excluding tert-OH is 1. The first-order valence-corrected chi connectivity index (χ1v) is 4.46. The molecule has 0 aromatic heterocycles. The first kappa shape index (κ1) is 12.1. The van der Waals surface area contributed by atoms with E-state index < -0.39 is 17.3 Å². The number of allylic oxidation sites excluding steroid dienone is 1. The Bertz CT molecular complexity index is 345. The minimum atomic E-state index is -4.52. The van der Waals surface area contributed by atoms with Crippen molar-refractivity contribution < 1.29 is 18.3 Å². The van der Waals surface area contributed by atoms with Gasteiger partial charge in [-0.05, 0) is 5.56 Å². The fourth-order valence-electron chi connectivity index (χ4n) is 1.03. The molecule has 5 heteroatoms. The van der Waals surface area contributed by atoms with Crippen LogP contribution < -0.4 is 0 Å². The first-order valence-electron chi connectivity index (χ1n) is 4.08. The van der Waals surface area contributed by atoms with Crippen LogP contribution >= 0.6 is 11.6 Å². The van der Waals surface area contributed by atoms with E-state index in [2.05, 4.69) is 0 Å². The molecule has 1 nitrogen and oxygen atoms in total. The van der Waals surface area contributed by atoms with Crippen LogP contribution in [0.2, 0.25) is 0 Å². The molecule has 0 aliphatic rings. The van der Waals surface area contributed by atoms with Gasteiger partial charge in [0.2, 0.25) is 0 Å². The minimum absolute atomic E-state index is 0.119. The number of alkyl halides is 3. The van der Waals surface area contributed by atoms with Crippen LogP contribution in [0.1, 0.15) is 11.7 Å². The third kappa shape index (κ3) is 3.93. The van der Waals surface area contributed by atoms with Crippen LogP contribution in [0.25, 0.3) is 0 Å². The van der Waals surface area contributed by atoms with Crippen molar-refractivity contribution >= 4 is 11.6 Å². The maximum Gasteiger partial charge on any atom is 0.410 e. The lowest BCUT2D eigenvalue weighted by Gasteiger charge is -2.10. The highest BCUT2D eigenvalue weighted by atomic mass is 35.5. The number of rotatable bonds is 2. The van der Waals surface area contributed by atoms with Crippen molar-refractivity contribution in [3.8, 4) is 0 Å². The monoisotopic (exact) mass is 236 g/mol. The minimum Gasteiger partial charge on any atom is -0.383 e. The Kier molecular flexibility index (Phi) is 3.77. The second kappa shape index (κ2) is 4.68. The van der Waals surface area contributed by atoms with Gasteiger partial charge in [0.25, 0.3) is 0 Å². The van der Waals surface area contributed by atoms with E-state index in [9.17, 15) is 18.3 Å². The summed E-state index contributed by atoms with van der Waals surface area (Å²) in [5.41, 5.74) is 0.322. The lowest BCUT2D eigenvalue weighted by Crippen LogP contribution is -2.06. The quantitative estimate of drug-likeness (QED) is 0.834. The highest BCUT2D eigenvalue weighted by Crippen LogP contribution is 2.29. The number of aliphatic hydroxyl groups is 1. The predicted octanol–water partition coefficient (Wildman–Crippen LogP) is 3.41. The van der Waals surface area contributed by atoms with Gasteiger partial charge in [-0.3, -0.25) is 0 Å². The molecule has 0 spiro atoms. The van der Waals surface area contributed by atoms with Crippen molar-refractivity contribution in [2.24, 2.45) is 0 Å². The molecule has 0 aliphatic carbocycles. The van der Waals surface area contributed by atoms with E-state index in [-0.39, 0.29) is 6.08 Å². The summed E-state index contributed by atoms with van der Waals surface area (Å²) in [6, 6.07) is 7.90. The summed E-state index contributed by atoms with van der Waals surface area (Å²) < 4.78 is 35.7. The summed E-state index contributed by atoms with van der Waals surface area (Å²) in [4.78, 5) is 0. The van der Waals surface area contributed by atoms with E-state index in [1.807, 2.05) is 0 Å². The van der Waals surface area contributed by atoms with Gasteiger partial charge in [0.1, 0.15) is 6.10 Å². The molecule has 0 bridgehead atoms. The van der Waals surface area contributed by atoms with Crippen LogP contribution in [-0.2, 0) is 0 Å². The Balaban J connectivity index is 2.87. The van der Waals surface area contributed by atoms with Crippen molar-refractivity contribution in [2.75, 3.05) is 0 Å². The van der Waals surface area contributed by atoms with Crippen LogP contribution in [-0.4, -0.2) is 11.3 Å². The van der Waals surface area contributed by atoms with E-state index in [1.54, 1.807) is 18.2 Å². The molecular weight excluding hydrogens is 229 g/mol. The summed E-state index contributed by atoms with van der Waals surface area (Å²) in [6.07, 6.45) is -6.08. The predicted molar refractivity (Wildman–Crippen MR) is 51.4 cm³/mol. The molecule has 0 aliphatic heterocycles. The van der Waals surface area contributed by atoms with Gasteiger partial charge in [0.15, 0.2) is 0 Å². The number of hydrogen-bond acceptors (Lipinski definition) is 1. The molecule has 0 radical (unpaired) electrons. The molecule has 1 rings (SSSR count). The van der Waals surface area contributed by atoms with Gasteiger partial charge in [-0.1, -0.05) is 41.9 Å². The van der Waals surface area contributed by atoms with Gasteiger partial charge in [-0.15, -0.1) is 0 Å². The first-order chi connectivity index (χ1) is 6.90. The number of halogens is 4. The molecule has 82 valence electrons. The van der Waals surface area contributed by atoms with Gasteiger partial charge in [-0.2, -0.15) is 13.2 Å². The van der Waals surface area contributed by atoms with Crippen molar-refractivity contribution in [3.63, 3.8) is 0 Å². The van der Waals surface area contributed by atoms with E-state index in [0.29, 0.717) is 5.56 Å². The average Bonchev–Trinajstić information content (AvgIpc) is 2.15. The van der Waals surface area contributed by atoms with Crippen LogP contribution in [0.15, 0.2) is 41.4 Å². The second-order valence-corrected chi connectivity index (χ2v) is 3.32. The van der Waals surface area contributed by atoms with E-state index in [0.717, 1.165) is 0 Å². The van der Waals surface area contributed by atoms with Gasteiger partial charge in [0.05, 0.1) is 5.03 Å². The van der Waals surface area contributed by atoms with Crippen molar-refractivity contribution in [2.45, 2.75) is 12.3 Å². The molecule has 0 fully saturated rings. The summed E-state index contributed by atoms with van der Waals surface area (Å²) in [6.45, 7) is 0. The smallest absolute Gasteiger partial charge is 0.383 e. The average molecular weight is 237 g/mol. The van der Waals surface area contributed by atoms with Crippen LogP contribution in [0.4, 0.5) is 13.2 Å². The Morgan fingerprint density at radius 3 is 2.27 bits per heavy atom. The second-order valence-electron chi connectivity index (χ2n) is 2.88. The zero-order valence-electron chi connectivity index (χ0n) is 7.50. The fraction of sp³-hybridized carbons (Fsp3) is 0.200. The normalized spacial score (nSPS) is 15.1. The Hall–Kier alpha value is -1.00. The zero-order chi connectivity index (χ0) is 11.5. The molecule has 1 atom stereocenters. The molecule has 1 aromatic rings. The lowest BCUT2D eigenvalue weighted by molar-refractivity contribution is -0.0808. The topological polar surface area (TPSA) is 20.2 Å². The highest BCUT2D eigenvalue weighted by molar-refractivity contribution is 6.30. The molecule has 0 amide bonds. The molecule has 1 aromatic carbocycles. The lowest BCUT2D eigenvalue weighted by atomic mass is 10.1. The van der Waals surface area contributed by atoms with Crippen molar-refractivity contribution in [1.29, 1.82) is 0 Å². The summed E-state index contributed by atoms with van der Waals surface area (Å²) >= 11 is 5.34. The molecule has 1 unspecified atom stereocenters. The molecule has 0 heterocycles. The van der Waals surface area contributed by atoms with E-state index in [4.69, 9.17) is 11.6 Å². The van der Waals surface area contributed by atoms with Crippen LogP contribution in [0.3, 0.4) is 0 Å². The molecular formula is C10H8ClF3O. The van der Waals surface area contributed by atoms with Gasteiger partial charge < -0.3 is 5.11 Å². The molecule has 1 N–H and O–H groups in total. The number of benzene rings is 1. The van der Waals surface area contributed by atoms with Crippen molar-refractivity contribution in [3.05, 3.63) is 47.0 Å². The molecule has 0 saturated carbocycles. The van der Waals surface area contributed by atoms with Gasteiger partial charge >= 0.3 is 6.18 Å². The number of hydrogen-bond donors (Lipinski definition) is 1. The zero-order valence-corrected chi connectivity index (χ0v) is 8.26. The van der Waals surface area contributed by atoms with Gasteiger partial charge in [-0.25, -0.2) is 0 Å². The maximum absolute atomic E-state index is 11.9. The highest BCUT2D eigenvalue weighted by Gasteiger charge is 2.26. The third-order valence-corrected chi connectivity index (χ3v) is 1.99. The standard InChI is InChI=1S/C10H8ClF3O/c11-8(6-10(12,13)14)9(15)7-4-2-1-3-5-7/h1-6,9,15H/b8-6+. The maximum atomic E-state index is 11.9.